The second-order valence-corrected chi connectivity index (χ2v) is 7.53. The average Bonchev–Trinajstić information content (AvgIpc) is 3.15. The summed E-state index contributed by atoms with van der Waals surface area (Å²) in [5.41, 5.74) is -2.50. The summed E-state index contributed by atoms with van der Waals surface area (Å²) < 4.78 is 0. The number of urea groups is 1. The monoisotopic (exact) mass is 357 g/mol. The quantitative estimate of drug-likeness (QED) is 0.362. The van der Waals surface area contributed by atoms with Gasteiger partial charge in [0.05, 0.1) is 12.1 Å². The van der Waals surface area contributed by atoms with Gasteiger partial charge in [-0.15, -0.1) is 0 Å². The molecule has 0 saturated carbocycles. The predicted molar refractivity (Wildman–Crippen MR) is 83.0 cm³/mol. The highest BCUT2D eigenvalue weighted by molar-refractivity contribution is 8.00. The molecule has 9 nitrogen and oxygen atoms in total. The van der Waals surface area contributed by atoms with Crippen LogP contribution in [0, 0.1) is 0 Å². The first-order chi connectivity index (χ1) is 11.3. The summed E-state index contributed by atoms with van der Waals surface area (Å²) in [6.45, 7) is 0. The second kappa shape index (κ2) is 6.25. The normalized spacial score (nSPS) is 31.6. The van der Waals surface area contributed by atoms with Gasteiger partial charge in [0.2, 0.25) is 17.5 Å². The van der Waals surface area contributed by atoms with E-state index < -0.39 is 23.5 Å². The molecule has 0 aromatic carbocycles. The molecule has 3 heterocycles. The minimum atomic E-state index is -2.50. The van der Waals surface area contributed by atoms with Gasteiger partial charge in [-0.1, -0.05) is 0 Å². The number of carboxylic acid groups (broad SMARTS) is 1. The molecule has 132 valence electrons. The van der Waals surface area contributed by atoms with Crippen molar-refractivity contribution in [3.05, 3.63) is 0 Å². The summed E-state index contributed by atoms with van der Waals surface area (Å²) in [5, 5.41) is 25.5. The Morgan fingerprint density at radius 2 is 1.92 bits per heavy atom. The number of hydrogen-bond donors (Lipinski definition) is 4. The zero-order valence-corrected chi connectivity index (χ0v) is 13.7. The maximum atomic E-state index is 11.8. The van der Waals surface area contributed by atoms with Gasteiger partial charge >= 0.3 is 12.0 Å². The summed E-state index contributed by atoms with van der Waals surface area (Å²) in [4.78, 5) is 46.8. The molecule has 0 radical (unpaired) electrons. The van der Waals surface area contributed by atoms with Gasteiger partial charge in [0.1, 0.15) is 0 Å². The third-order valence-corrected chi connectivity index (χ3v) is 6.22. The van der Waals surface area contributed by atoms with Crippen LogP contribution in [-0.4, -0.2) is 67.7 Å². The Kier molecular flexibility index (Phi) is 4.43. The highest BCUT2D eigenvalue weighted by atomic mass is 32.2. The predicted octanol–water partition coefficient (Wildman–Crippen LogP) is -0.756. The first-order valence-corrected chi connectivity index (χ1v) is 8.88. The molecule has 4 amide bonds. The Morgan fingerprint density at radius 1 is 1.25 bits per heavy atom. The van der Waals surface area contributed by atoms with Crippen LogP contribution in [0.2, 0.25) is 0 Å². The van der Waals surface area contributed by atoms with Crippen molar-refractivity contribution < 1.29 is 29.4 Å². The Morgan fingerprint density at radius 3 is 2.54 bits per heavy atom. The number of aliphatic hydroxyl groups is 1. The molecule has 10 heteroatoms. The van der Waals surface area contributed by atoms with E-state index in [1.807, 2.05) is 0 Å². The molecule has 3 rings (SSSR count). The van der Waals surface area contributed by atoms with Crippen LogP contribution in [0.25, 0.3) is 0 Å². The molecule has 3 aliphatic rings. The van der Waals surface area contributed by atoms with E-state index >= 15 is 0 Å². The first-order valence-electron chi connectivity index (χ1n) is 7.83. The van der Waals surface area contributed by atoms with Crippen molar-refractivity contribution in [1.29, 1.82) is 0 Å². The van der Waals surface area contributed by atoms with E-state index in [2.05, 4.69) is 10.6 Å². The van der Waals surface area contributed by atoms with Crippen molar-refractivity contribution in [2.24, 2.45) is 0 Å². The number of rotatable bonds is 6. The van der Waals surface area contributed by atoms with Crippen LogP contribution in [0.15, 0.2) is 0 Å². The Labute approximate surface area is 142 Å². The molecular weight excluding hydrogens is 338 g/mol. The van der Waals surface area contributed by atoms with Crippen LogP contribution in [0.4, 0.5) is 4.79 Å². The lowest BCUT2D eigenvalue weighted by Crippen LogP contribution is -2.57. The standard InChI is InChI=1S/C14H19N3O6S/c18-9-3-4-10(19)17(9)14(23,12(20)21)5-1-2-8-11-7(6-24-8)15-13(22)16-11/h7-8,11,23H,1-6H2,(H,20,21)(H2,15,16,22)/t7-,8-,11-,14?/m0/s1. The molecule has 4 N–H and O–H groups in total. The van der Waals surface area contributed by atoms with Gasteiger partial charge in [0, 0.05) is 30.3 Å². The molecule has 4 atom stereocenters. The number of thioether (sulfide) groups is 1. The van der Waals surface area contributed by atoms with Crippen molar-refractivity contribution >= 4 is 35.6 Å². The zero-order chi connectivity index (χ0) is 17.5. The van der Waals surface area contributed by atoms with E-state index in [1.54, 1.807) is 11.8 Å². The number of nitrogens with zero attached hydrogens (tertiary/aromatic N) is 1. The number of carbonyl (C=O) groups is 4. The van der Waals surface area contributed by atoms with Crippen molar-refractivity contribution in [2.75, 3.05) is 5.75 Å². The molecule has 0 aliphatic carbocycles. The first kappa shape index (κ1) is 17.0. The molecule has 0 spiro atoms. The lowest BCUT2D eigenvalue weighted by molar-refractivity contribution is -0.190. The fraction of sp³-hybridized carbons (Fsp3) is 0.714. The number of hydrogen-bond acceptors (Lipinski definition) is 6. The lowest BCUT2D eigenvalue weighted by Gasteiger charge is -2.32. The smallest absolute Gasteiger partial charge is 0.357 e. The second-order valence-electron chi connectivity index (χ2n) is 6.26. The van der Waals surface area contributed by atoms with Crippen molar-refractivity contribution in [3.63, 3.8) is 0 Å². The Hall–Kier alpha value is -1.81. The summed E-state index contributed by atoms with van der Waals surface area (Å²) >= 11 is 1.67. The molecule has 24 heavy (non-hydrogen) atoms. The molecule has 3 fully saturated rings. The number of aliphatic carboxylic acids is 1. The van der Waals surface area contributed by atoms with Crippen molar-refractivity contribution in [3.8, 4) is 0 Å². The molecule has 0 aromatic heterocycles. The number of likely N-dealkylation sites (tertiary alicyclic amines) is 1. The molecule has 3 saturated heterocycles. The van der Waals surface area contributed by atoms with Gasteiger partial charge in [0.25, 0.3) is 0 Å². The summed E-state index contributed by atoms with van der Waals surface area (Å²) in [6, 6.07) is -0.159. The largest absolute Gasteiger partial charge is 0.478 e. The van der Waals surface area contributed by atoms with Crippen LogP contribution >= 0.6 is 11.8 Å². The maximum Gasteiger partial charge on any atom is 0.357 e. The SMILES string of the molecule is O=C1N[C@H]2[C@H](CS[C@H]2CCCC(O)(C(=O)O)N2C(=O)CCC2=O)N1. The van der Waals surface area contributed by atoms with E-state index in [4.69, 9.17) is 0 Å². The van der Waals surface area contributed by atoms with Gasteiger partial charge < -0.3 is 20.8 Å². The van der Waals surface area contributed by atoms with Crippen LogP contribution in [0.5, 0.6) is 0 Å². The highest BCUT2D eigenvalue weighted by Crippen LogP contribution is 2.34. The molecule has 3 aliphatic heterocycles. The Balaban J connectivity index is 1.61. The van der Waals surface area contributed by atoms with E-state index in [-0.39, 0.29) is 42.6 Å². The molecule has 0 bridgehead atoms. The summed E-state index contributed by atoms with van der Waals surface area (Å²) in [7, 11) is 0. The van der Waals surface area contributed by atoms with Gasteiger partial charge in [-0.3, -0.25) is 9.59 Å². The van der Waals surface area contributed by atoms with Crippen LogP contribution < -0.4 is 10.6 Å². The van der Waals surface area contributed by atoms with Crippen molar-refractivity contribution in [1.82, 2.24) is 15.5 Å². The fourth-order valence-electron chi connectivity index (χ4n) is 3.50. The maximum absolute atomic E-state index is 11.8. The lowest BCUT2D eigenvalue weighted by atomic mass is 9.99. The van der Waals surface area contributed by atoms with E-state index in [0.717, 1.165) is 5.75 Å². The van der Waals surface area contributed by atoms with Gasteiger partial charge in [-0.05, 0) is 12.8 Å². The third-order valence-electron chi connectivity index (χ3n) is 4.72. The summed E-state index contributed by atoms with van der Waals surface area (Å²) in [6.07, 6.45) is 0.508. The number of fused-ring (bicyclic) bond motifs is 1. The summed E-state index contributed by atoms with van der Waals surface area (Å²) in [5.74, 6) is -2.14. The van der Waals surface area contributed by atoms with Crippen LogP contribution in [-0.2, 0) is 14.4 Å². The molecule has 0 aromatic rings. The average molecular weight is 357 g/mol. The highest BCUT2D eigenvalue weighted by Gasteiger charge is 2.51. The van der Waals surface area contributed by atoms with E-state index in [1.165, 1.54) is 0 Å². The number of amides is 4. The molecule has 1 unspecified atom stereocenters. The van der Waals surface area contributed by atoms with Crippen LogP contribution in [0.3, 0.4) is 0 Å². The van der Waals surface area contributed by atoms with Gasteiger partial charge in [-0.2, -0.15) is 11.8 Å². The fourth-order valence-corrected chi connectivity index (χ4v) is 5.04. The number of carbonyl (C=O) groups excluding carboxylic acids is 3. The van der Waals surface area contributed by atoms with Crippen molar-refractivity contribution in [2.45, 2.75) is 55.2 Å². The van der Waals surface area contributed by atoms with Gasteiger partial charge in [-0.25, -0.2) is 14.5 Å². The van der Waals surface area contributed by atoms with Crippen LogP contribution in [0.1, 0.15) is 32.1 Å². The Bertz CT molecular complexity index is 583. The van der Waals surface area contributed by atoms with E-state index in [0.29, 0.717) is 17.7 Å². The van der Waals surface area contributed by atoms with Gasteiger partial charge in [0.15, 0.2) is 0 Å². The number of nitrogens with one attached hydrogen (secondary N) is 2. The number of imide groups is 1. The minimum Gasteiger partial charge on any atom is -0.478 e. The minimum absolute atomic E-state index is 0.0181. The van der Waals surface area contributed by atoms with E-state index in [9.17, 15) is 29.4 Å². The molecular formula is C14H19N3O6S. The topological polar surface area (TPSA) is 136 Å². The number of carboxylic acids is 1. The zero-order valence-electron chi connectivity index (χ0n) is 12.9. The third kappa shape index (κ3) is 2.84.